The van der Waals surface area contributed by atoms with Crippen LogP contribution in [0.3, 0.4) is 0 Å². The van der Waals surface area contributed by atoms with E-state index in [1.807, 2.05) is 66.7 Å². The summed E-state index contributed by atoms with van der Waals surface area (Å²) in [4.78, 5) is 16.4. The normalized spacial score (nSPS) is 15.1. The summed E-state index contributed by atoms with van der Waals surface area (Å²) < 4.78 is 32.5. The van der Waals surface area contributed by atoms with Crippen LogP contribution in [0.1, 0.15) is 15.2 Å². The van der Waals surface area contributed by atoms with Gasteiger partial charge in [0.1, 0.15) is 10.6 Å². The molecule has 0 unspecified atom stereocenters. The van der Waals surface area contributed by atoms with Crippen molar-refractivity contribution >= 4 is 27.3 Å². The molecule has 1 saturated heterocycles. The smallest absolute Gasteiger partial charge is 0.267 e. The van der Waals surface area contributed by atoms with Gasteiger partial charge in [-0.1, -0.05) is 60.7 Å². The second-order valence-corrected chi connectivity index (χ2v) is 10.3. The van der Waals surface area contributed by atoms with Crippen molar-refractivity contribution in [3.8, 4) is 16.2 Å². The summed E-state index contributed by atoms with van der Waals surface area (Å²) in [6.07, 6.45) is 0. The number of nitrogens with zero attached hydrogens (tertiary/aromatic N) is 2. The molecule has 1 fully saturated rings. The van der Waals surface area contributed by atoms with Crippen LogP contribution in [0.5, 0.6) is 5.75 Å². The van der Waals surface area contributed by atoms with E-state index in [9.17, 15) is 13.2 Å². The molecule has 8 heteroatoms. The third kappa shape index (κ3) is 4.81. The number of carbonyl (C=O) groups excluding carboxylic acids is 1. The molecule has 0 bridgehead atoms. The summed E-state index contributed by atoms with van der Waals surface area (Å²) in [6.45, 7) is 1.30. The Morgan fingerprint density at radius 2 is 1.58 bits per heavy atom. The summed E-state index contributed by atoms with van der Waals surface area (Å²) >= 11 is 1.40. The maximum atomic E-state index is 13.2. The number of thiophene rings is 1. The number of hydrogen-bond acceptors (Lipinski definition) is 5. The van der Waals surface area contributed by atoms with E-state index < -0.39 is 10.0 Å². The van der Waals surface area contributed by atoms with Crippen molar-refractivity contribution in [3.63, 3.8) is 0 Å². The molecule has 2 aromatic carbocycles. The van der Waals surface area contributed by atoms with Crippen molar-refractivity contribution in [1.82, 2.24) is 9.21 Å². The number of benzene rings is 2. The van der Waals surface area contributed by atoms with Gasteiger partial charge in [0, 0.05) is 31.1 Å². The molecule has 0 radical (unpaired) electrons. The number of piperazine rings is 1. The number of hydrogen-bond donors (Lipinski definition) is 0. The lowest BCUT2D eigenvalue weighted by Gasteiger charge is -2.34. The molecule has 0 N–H and O–H groups in total. The van der Waals surface area contributed by atoms with Crippen LogP contribution in [-0.4, -0.2) is 56.8 Å². The molecule has 0 atom stereocenters. The molecule has 31 heavy (non-hydrogen) atoms. The Hall–Kier alpha value is -2.68. The number of carbonyl (C=O) groups is 1. The highest BCUT2D eigenvalue weighted by atomic mass is 32.2. The van der Waals surface area contributed by atoms with Crippen molar-refractivity contribution in [2.24, 2.45) is 0 Å². The van der Waals surface area contributed by atoms with E-state index in [0.29, 0.717) is 36.8 Å². The zero-order valence-corrected chi connectivity index (χ0v) is 18.9. The van der Waals surface area contributed by atoms with Crippen LogP contribution in [-0.2, 0) is 15.8 Å². The zero-order chi connectivity index (χ0) is 21.8. The first-order valence-corrected chi connectivity index (χ1v) is 12.4. The molecule has 4 rings (SSSR count). The Morgan fingerprint density at radius 1 is 0.968 bits per heavy atom. The van der Waals surface area contributed by atoms with E-state index >= 15 is 0 Å². The quantitative estimate of drug-likeness (QED) is 0.567. The molecule has 0 aliphatic carbocycles. The van der Waals surface area contributed by atoms with Crippen LogP contribution in [0.15, 0.2) is 66.7 Å². The second kappa shape index (κ2) is 9.21. The van der Waals surface area contributed by atoms with Crippen molar-refractivity contribution in [2.45, 2.75) is 5.75 Å². The van der Waals surface area contributed by atoms with E-state index in [1.165, 1.54) is 15.6 Å². The summed E-state index contributed by atoms with van der Waals surface area (Å²) in [5, 5.41) is 0. The maximum absolute atomic E-state index is 13.2. The van der Waals surface area contributed by atoms with Crippen LogP contribution in [0.25, 0.3) is 10.4 Å². The van der Waals surface area contributed by atoms with E-state index in [-0.39, 0.29) is 11.7 Å². The lowest BCUT2D eigenvalue weighted by atomic mass is 10.2. The summed E-state index contributed by atoms with van der Waals surface area (Å²) in [7, 11) is -1.86. The third-order valence-corrected chi connectivity index (χ3v) is 8.29. The van der Waals surface area contributed by atoms with Gasteiger partial charge in [0.25, 0.3) is 5.91 Å². The molecular formula is C23H24N2O4S2. The number of rotatable bonds is 6. The van der Waals surface area contributed by atoms with Gasteiger partial charge >= 0.3 is 0 Å². The van der Waals surface area contributed by atoms with E-state index in [4.69, 9.17) is 4.74 Å². The largest absolute Gasteiger partial charge is 0.495 e. The van der Waals surface area contributed by atoms with Gasteiger partial charge in [0.2, 0.25) is 10.0 Å². The van der Waals surface area contributed by atoms with Crippen LogP contribution >= 0.6 is 11.3 Å². The van der Waals surface area contributed by atoms with Crippen LogP contribution in [0.4, 0.5) is 0 Å². The minimum absolute atomic E-state index is 0.0268. The number of amides is 1. The lowest BCUT2D eigenvalue weighted by molar-refractivity contribution is 0.0699. The average Bonchev–Trinajstić information content (AvgIpc) is 3.24. The average molecular weight is 457 g/mol. The monoisotopic (exact) mass is 456 g/mol. The lowest BCUT2D eigenvalue weighted by Crippen LogP contribution is -2.50. The summed E-state index contributed by atoms with van der Waals surface area (Å²) in [6, 6.07) is 20.9. The highest BCUT2D eigenvalue weighted by molar-refractivity contribution is 7.88. The predicted molar refractivity (Wildman–Crippen MR) is 123 cm³/mol. The van der Waals surface area contributed by atoms with Gasteiger partial charge in [0.05, 0.1) is 12.9 Å². The van der Waals surface area contributed by atoms with Gasteiger partial charge in [-0.25, -0.2) is 8.42 Å². The van der Waals surface area contributed by atoms with Gasteiger partial charge in [-0.3, -0.25) is 4.79 Å². The first-order valence-electron chi connectivity index (χ1n) is 10.0. The molecular weight excluding hydrogens is 432 g/mol. The van der Waals surface area contributed by atoms with Gasteiger partial charge < -0.3 is 9.64 Å². The summed E-state index contributed by atoms with van der Waals surface area (Å²) in [5.41, 5.74) is 1.79. The molecule has 162 valence electrons. The molecule has 1 aliphatic rings. The fraction of sp³-hybridized carbons (Fsp3) is 0.261. The zero-order valence-electron chi connectivity index (χ0n) is 17.2. The van der Waals surface area contributed by atoms with Gasteiger partial charge in [0.15, 0.2) is 0 Å². The Bertz CT molecular complexity index is 1140. The highest BCUT2D eigenvalue weighted by Crippen LogP contribution is 2.37. The fourth-order valence-corrected chi connectivity index (χ4v) is 6.22. The van der Waals surface area contributed by atoms with E-state index in [0.717, 1.165) is 16.0 Å². The molecule has 0 saturated carbocycles. The van der Waals surface area contributed by atoms with Crippen molar-refractivity contribution in [2.75, 3.05) is 33.3 Å². The molecule has 1 aromatic heterocycles. The van der Waals surface area contributed by atoms with Gasteiger partial charge in [-0.15, -0.1) is 11.3 Å². The Morgan fingerprint density at radius 3 is 2.19 bits per heavy atom. The third-order valence-electron chi connectivity index (χ3n) is 5.28. The molecule has 6 nitrogen and oxygen atoms in total. The minimum atomic E-state index is -3.42. The van der Waals surface area contributed by atoms with Crippen molar-refractivity contribution in [3.05, 3.63) is 77.2 Å². The summed E-state index contributed by atoms with van der Waals surface area (Å²) in [5.74, 6) is 0.401. The molecule has 3 aromatic rings. The van der Waals surface area contributed by atoms with Crippen molar-refractivity contribution < 1.29 is 17.9 Å². The standard InChI is InChI=1S/C23H24N2O4S2/c1-29-20-16-21(19-10-6-3-7-11-19)30-22(20)23(26)24-12-14-25(15-13-24)31(27,28)17-18-8-4-2-5-9-18/h2-11,16H,12-15,17H2,1H3. The molecule has 0 spiro atoms. The topological polar surface area (TPSA) is 66.9 Å². The Balaban J connectivity index is 1.44. The minimum Gasteiger partial charge on any atom is -0.495 e. The predicted octanol–water partition coefficient (Wildman–Crippen LogP) is 3.71. The first-order chi connectivity index (χ1) is 15.0. The number of ether oxygens (including phenoxy) is 1. The molecule has 1 aliphatic heterocycles. The molecule has 2 heterocycles. The second-order valence-electron chi connectivity index (χ2n) is 7.31. The highest BCUT2D eigenvalue weighted by Gasteiger charge is 2.31. The van der Waals surface area contributed by atoms with Gasteiger partial charge in [-0.2, -0.15) is 4.31 Å². The number of methoxy groups -OCH3 is 1. The SMILES string of the molecule is COc1cc(-c2ccccc2)sc1C(=O)N1CCN(S(=O)(=O)Cc2ccccc2)CC1. The van der Waals surface area contributed by atoms with Crippen LogP contribution in [0.2, 0.25) is 0 Å². The van der Waals surface area contributed by atoms with E-state index in [2.05, 4.69) is 0 Å². The maximum Gasteiger partial charge on any atom is 0.267 e. The Kier molecular flexibility index (Phi) is 6.41. The van der Waals surface area contributed by atoms with E-state index in [1.54, 1.807) is 12.0 Å². The van der Waals surface area contributed by atoms with Gasteiger partial charge in [-0.05, 0) is 17.2 Å². The first kappa shape index (κ1) is 21.5. The van der Waals surface area contributed by atoms with Crippen LogP contribution < -0.4 is 4.74 Å². The fourth-order valence-electron chi connectivity index (χ4n) is 3.61. The Labute approximate surface area is 186 Å². The van der Waals surface area contributed by atoms with Crippen molar-refractivity contribution in [1.29, 1.82) is 0 Å². The number of sulfonamides is 1. The van der Waals surface area contributed by atoms with Crippen LogP contribution in [0, 0.1) is 0 Å². The molecule has 1 amide bonds.